The molecule has 14 heavy (non-hydrogen) atoms. The van der Waals surface area contributed by atoms with Crippen LogP contribution in [0, 0.1) is 14.4 Å². The SMILES string of the molecule is CC.Cc1ccc2c(c1)CC[N-]2.[CH3-].[W+2]. The van der Waals surface area contributed by atoms with Gasteiger partial charge in [-0.05, 0) is 13.3 Å². The van der Waals surface area contributed by atoms with E-state index in [2.05, 4.69) is 30.4 Å². The van der Waals surface area contributed by atoms with Crippen LogP contribution in [0.1, 0.15) is 25.0 Å². The minimum absolute atomic E-state index is 0. The summed E-state index contributed by atoms with van der Waals surface area (Å²) in [5, 5.41) is 4.34. The molecule has 0 radical (unpaired) electrons. The molecule has 0 spiro atoms. The first-order chi connectivity index (χ1) is 5.86. The van der Waals surface area contributed by atoms with Gasteiger partial charge in [0.2, 0.25) is 0 Å². The van der Waals surface area contributed by atoms with Crippen molar-refractivity contribution in [3.63, 3.8) is 0 Å². The summed E-state index contributed by atoms with van der Waals surface area (Å²) in [6.07, 6.45) is 1.14. The van der Waals surface area contributed by atoms with E-state index in [1.165, 1.54) is 16.8 Å². The number of aryl methyl sites for hydroxylation is 1. The van der Waals surface area contributed by atoms with Crippen LogP contribution in [0.15, 0.2) is 18.2 Å². The molecule has 0 N–H and O–H groups in total. The zero-order valence-corrected chi connectivity index (χ0v) is 12.4. The van der Waals surface area contributed by atoms with Crippen molar-refractivity contribution in [3.8, 4) is 0 Å². The number of hydrogen-bond donors (Lipinski definition) is 0. The Morgan fingerprint density at radius 2 is 1.86 bits per heavy atom. The van der Waals surface area contributed by atoms with Crippen LogP contribution in [0.25, 0.3) is 5.32 Å². The van der Waals surface area contributed by atoms with Gasteiger partial charge in [0.25, 0.3) is 0 Å². The first-order valence-electron chi connectivity index (χ1n) is 4.63. The Balaban J connectivity index is 0. The van der Waals surface area contributed by atoms with Crippen molar-refractivity contribution in [2.45, 2.75) is 27.2 Å². The summed E-state index contributed by atoms with van der Waals surface area (Å²) in [6.45, 7) is 7.11. The van der Waals surface area contributed by atoms with Crippen molar-refractivity contribution in [3.05, 3.63) is 42.1 Å². The van der Waals surface area contributed by atoms with E-state index in [4.69, 9.17) is 0 Å². The Hall–Kier alpha value is -0.292. The quantitative estimate of drug-likeness (QED) is 0.620. The summed E-state index contributed by atoms with van der Waals surface area (Å²) in [5.74, 6) is 0. The van der Waals surface area contributed by atoms with Crippen LogP contribution in [-0.4, -0.2) is 6.54 Å². The summed E-state index contributed by atoms with van der Waals surface area (Å²) in [5.41, 5.74) is 3.96. The van der Waals surface area contributed by atoms with Crippen molar-refractivity contribution >= 4 is 5.69 Å². The maximum Gasteiger partial charge on any atom is 2.00 e. The molecule has 78 valence electrons. The third-order valence-electron chi connectivity index (χ3n) is 1.90. The van der Waals surface area contributed by atoms with Crippen molar-refractivity contribution < 1.29 is 21.1 Å². The van der Waals surface area contributed by atoms with Gasteiger partial charge in [0, 0.05) is 0 Å². The third kappa shape index (κ3) is 3.84. The molecule has 0 amide bonds. The molecular formula is C12H19NW. The first-order valence-corrected chi connectivity index (χ1v) is 4.63. The van der Waals surface area contributed by atoms with Gasteiger partial charge in [-0.25, -0.2) is 0 Å². The molecule has 1 aromatic carbocycles. The summed E-state index contributed by atoms with van der Waals surface area (Å²) in [4.78, 5) is 0. The standard InChI is InChI=1S/C9H10N.C2H6.CH3.W/c1-7-2-3-9-8(6-7)4-5-10-9;1-2;;/h2-3,6H,4-5H2,1H3;1-2H3;1H3;/q-1;;-1;+2. The number of nitrogens with zero attached hydrogens (tertiary/aromatic N) is 1. The molecule has 2 heteroatoms. The Labute approximate surface area is 103 Å². The minimum atomic E-state index is 0. The number of benzene rings is 1. The van der Waals surface area contributed by atoms with Crippen molar-refractivity contribution in [1.82, 2.24) is 0 Å². The van der Waals surface area contributed by atoms with Gasteiger partial charge < -0.3 is 12.7 Å². The molecule has 1 aliphatic heterocycles. The molecule has 0 unspecified atom stereocenters. The van der Waals surface area contributed by atoms with E-state index in [0.29, 0.717) is 0 Å². The molecule has 0 aliphatic carbocycles. The maximum atomic E-state index is 4.34. The summed E-state index contributed by atoms with van der Waals surface area (Å²) < 4.78 is 0. The van der Waals surface area contributed by atoms with Gasteiger partial charge in [0.15, 0.2) is 0 Å². The molecule has 0 saturated carbocycles. The van der Waals surface area contributed by atoms with Crippen LogP contribution < -0.4 is 0 Å². The van der Waals surface area contributed by atoms with Crippen LogP contribution in [0.2, 0.25) is 0 Å². The largest absolute Gasteiger partial charge is 2.00 e. The maximum absolute atomic E-state index is 4.34. The molecule has 0 fully saturated rings. The van der Waals surface area contributed by atoms with Gasteiger partial charge in [-0.3, -0.25) is 0 Å². The second-order valence-electron chi connectivity index (χ2n) is 2.76. The Morgan fingerprint density at radius 3 is 2.50 bits per heavy atom. The predicted octanol–water partition coefficient (Wildman–Crippen LogP) is 4.03. The molecule has 0 bridgehead atoms. The summed E-state index contributed by atoms with van der Waals surface area (Å²) in [6, 6.07) is 6.46. The van der Waals surface area contributed by atoms with E-state index in [1.807, 2.05) is 13.8 Å². The van der Waals surface area contributed by atoms with Crippen molar-refractivity contribution in [1.29, 1.82) is 0 Å². The molecule has 1 nitrogen and oxygen atoms in total. The fraction of sp³-hybridized carbons (Fsp3) is 0.417. The second-order valence-corrected chi connectivity index (χ2v) is 2.76. The molecule has 0 saturated heterocycles. The van der Waals surface area contributed by atoms with Crippen molar-refractivity contribution in [2.75, 3.05) is 6.54 Å². The van der Waals surface area contributed by atoms with E-state index in [9.17, 15) is 0 Å². The van der Waals surface area contributed by atoms with Crippen LogP contribution in [0.5, 0.6) is 0 Å². The topological polar surface area (TPSA) is 14.1 Å². The average molecular weight is 361 g/mol. The minimum Gasteiger partial charge on any atom is -0.684 e. The summed E-state index contributed by atoms with van der Waals surface area (Å²) >= 11 is 0. The molecular weight excluding hydrogens is 342 g/mol. The summed E-state index contributed by atoms with van der Waals surface area (Å²) in [7, 11) is 0. The molecule has 0 aromatic heterocycles. The van der Waals surface area contributed by atoms with Crippen LogP contribution in [0.3, 0.4) is 0 Å². The number of fused-ring (bicyclic) bond motifs is 1. The predicted molar refractivity (Wildman–Crippen MR) is 60.5 cm³/mol. The van der Waals surface area contributed by atoms with E-state index in [0.717, 1.165) is 13.0 Å². The van der Waals surface area contributed by atoms with Gasteiger partial charge >= 0.3 is 21.1 Å². The Kier molecular flexibility index (Phi) is 9.29. The van der Waals surface area contributed by atoms with Gasteiger partial charge in [-0.1, -0.05) is 43.2 Å². The Morgan fingerprint density at radius 1 is 1.21 bits per heavy atom. The fourth-order valence-electron chi connectivity index (χ4n) is 1.37. The van der Waals surface area contributed by atoms with Gasteiger partial charge in [0.05, 0.1) is 0 Å². The zero-order chi connectivity index (χ0) is 8.97. The number of hydrogen-bond acceptors (Lipinski definition) is 0. The molecule has 1 aromatic rings. The van der Waals surface area contributed by atoms with Crippen molar-refractivity contribution in [2.24, 2.45) is 0 Å². The number of rotatable bonds is 0. The van der Waals surface area contributed by atoms with E-state index in [-0.39, 0.29) is 28.5 Å². The van der Waals surface area contributed by atoms with E-state index < -0.39 is 0 Å². The second kappa shape index (κ2) is 8.05. The molecule has 2 rings (SSSR count). The van der Waals surface area contributed by atoms with Crippen LogP contribution in [0.4, 0.5) is 5.69 Å². The van der Waals surface area contributed by atoms with E-state index in [1.54, 1.807) is 0 Å². The molecule has 0 atom stereocenters. The average Bonchev–Trinajstić information content (AvgIpc) is 2.54. The normalized spacial score (nSPS) is 10.8. The fourth-order valence-corrected chi connectivity index (χ4v) is 1.37. The molecule has 1 aliphatic rings. The zero-order valence-electron chi connectivity index (χ0n) is 9.50. The monoisotopic (exact) mass is 361 g/mol. The van der Waals surface area contributed by atoms with Gasteiger partial charge in [0.1, 0.15) is 0 Å². The van der Waals surface area contributed by atoms with E-state index >= 15 is 0 Å². The van der Waals surface area contributed by atoms with Crippen LogP contribution in [-0.2, 0) is 27.5 Å². The Bertz CT molecular complexity index is 258. The third-order valence-corrected chi connectivity index (χ3v) is 1.90. The first kappa shape index (κ1) is 16.1. The van der Waals surface area contributed by atoms with Crippen LogP contribution >= 0.6 is 0 Å². The van der Waals surface area contributed by atoms with Gasteiger partial charge in [-0.15, -0.1) is 12.2 Å². The van der Waals surface area contributed by atoms with Gasteiger partial charge in [-0.2, -0.15) is 0 Å². The molecule has 1 heterocycles. The smallest absolute Gasteiger partial charge is 0.684 e.